The molecule has 3 saturated heterocycles. The van der Waals surface area contributed by atoms with Crippen molar-refractivity contribution in [2.75, 3.05) is 46.9 Å². The highest BCUT2D eigenvalue weighted by Crippen LogP contribution is 2.49. The molecule has 11 heteroatoms. The van der Waals surface area contributed by atoms with E-state index in [1.165, 1.54) is 23.6 Å². The number of ether oxygens (including phenoxy) is 2. The molecule has 43 heavy (non-hydrogen) atoms. The molecule has 1 amide bonds. The molecular weight excluding hydrogens is 564 g/mol. The van der Waals surface area contributed by atoms with E-state index in [4.69, 9.17) is 9.47 Å². The van der Waals surface area contributed by atoms with Gasteiger partial charge in [0.05, 0.1) is 49.2 Å². The standard InChI is InChI=1S/C32H44N6O4S/c1-4-27(39)38-15-14-37(18-23(38)10-12-33)30-26-9-11-32(17-22-16-25(41-3)8-7-21(22)20-43-32)29(40)28(26)34-31(35-30)42-19-24-6-5-13-36(24)2/h4,7-8,16,23-24,26,28,30-31,34-35H,1,5-6,9-11,13-15,17-20H2,2-3H3/t23?,24?,26?,28?,30?,31?,32-/m0/s1. The van der Waals surface area contributed by atoms with Crippen molar-refractivity contribution < 1.29 is 19.1 Å². The highest BCUT2D eigenvalue weighted by atomic mass is 32.2. The molecule has 4 fully saturated rings. The van der Waals surface area contributed by atoms with Crippen LogP contribution in [-0.4, -0.2) is 109 Å². The van der Waals surface area contributed by atoms with E-state index in [0.29, 0.717) is 38.7 Å². The van der Waals surface area contributed by atoms with Crippen LogP contribution in [-0.2, 0) is 26.5 Å². The van der Waals surface area contributed by atoms with Gasteiger partial charge in [0.1, 0.15) is 5.75 Å². The first-order valence-corrected chi connectivity index (χ1v) is 16.6. The van der Waals surface area contributed by atoms with Crippen molar-refractivity contribution in [3.8, 4) is 11.8 Å². The quantitative estimate of drug-likeness (QED) is 0.447. The monoisotopic (exact) mass is 608 g/mol. The Bertz CT molecular complexity index is 1270. The molecule has 4 aliphatic heterocycles. The number of nitrogens with zero attached hydrogens (tertiary/aromatic N) is 4. The predicted molar refractivity (Wildman–Crippen MR) is 165 cm³/mol. The van der Waals surface area contributed by atoms with Gasteiger partial charge in [0.2, 0.25) is 5.91 Å². The summed E-state index contributed by atoms with van der Waals surface area (Å²) in [5, 5.41) is 16.9. The number of likely N-dealkylation sites (tertiary alicyclic amines) is 1. The van der Waals surface area contributed by atoms with E-state index in [1.54, 1.807) is 23.8 Å². The summed E-state index contributed by atoms with van der Waals surface area (Å²) in [6.07, 6.45) is 5.68. The van der Waals surface area contributed by atoms with Crippen molar-refractivity contribution in [1.82, 2.24) is 25.3 Å². The number of carbonyl (C=O) groups is 2. The molecule has 2 N–H and O–H groups in total. The maximum Gasteiger partial charge on any atom is 0.246 e. The minimum Gasteiger partial charge on any atom is -0.497 e. The number of piperazine rings is 1. The molecule has 7 atom stereocenters. The first-order valence-electron chi connectivity index (χ1n) is 15.6. The maximum absolute atomic E-state index is 14.6. The van der Waals surface area contributed by atoms with Crippen molar-refractivity contribution in [1.29, 1.82) is 5.26 Å². The van der Waals surface area contributed by atoms with Crippen molar-refractivity contribution in [2.45, 2.75) is 79.7 Å². The summed E-state index contributed by atoms with van der Waals surface area (Å²) in [5.74, 6) is 1.80. The van der Waals surface area contributed by atoms with E-state index in [1.807, 2.05) is 6.07 Å². The van der Waals surface area contributed by atoms with Gasteiger partial charge in [-0.05, 0) is 75.0 Å². The molecule has 232 valence electrons. The van der Waals surface area contributed by atoms with Gasteiger partial charge in [-0.1, -0.05) is 12.6 Å². The van der Waals surface area contributed by atoms with Gasteiger partial charge in [0.25, 0.3) is 0 Å². The van der Waals surface area contributed by atoms with Crippen LogP contribution in [0.5, 0.6) is 5.75 Å². The molecule has 6 unspecified atom stereocenters. The summed E-state index contributed by atoms with van der Waals surface area (Å²) in [4.78, 5) is 33.6. The molecule has 10 nitrogen and oxygen atoms in total. The van der Waals surface area contributed by atoms with Gasteiger partial charge in [0, 0.05) is 37.3 Å². The number of carbonyl (C=O) groups excluding carboxylic acids is 2. The number of benzene rings is 1. The summed E-state index contributed by atoms with van der Waals surface area (Å²) < 4.78 is 11.5. The minimum absolute atomic E-state index is 0.0452. The van der Waals surface area contributed by atoms with Gasteiger partial charge in [-0.2, -0.15) is 5.26 Å². The summed E-state index contributed by atoms with van der Waals surface area (Å²) in [6.45, 7) is 7.06. The number of Topliss-reactive ketones (excluding diaryl/α,β-unsaturated/α-hetero) is 1. The van der Waals surface area contributed by atoms with E-state index in [9.17, 15) is 14.9 Å². The lowest BCUT2D eigenvalue weighted by molar-refractivity contribution is -0.145. The Morgan fingerprint density at radius 2 is 2.09 bits per heavy atom. The van der Waals surface area contributed by atoms with Crippen molar-refractivity contribution in [2.24, 2.45) is 5.92 Å². The Morgan fingerprint density at radius 1 is 1.23 bits per heavy atom. The molecule has 6 rings (SSSR count). The number of thioether (sulfide) groups is 1. The number of likely N-dealkylation sites (N-methyl/N-ethyl adjacent to an activating group) is 1. The highest BCUT2D eigenvalue weighted by molar-refractivity contribution is 8.00. The molecule has 0 radical (unpaired) electrons. The molecule has 5 aliphatic rings. The number of methoxy groups -OCH3 is 1. The number of fused-ring (bicyclic) bond motifs is 2. The second-order valence-electron chi connectivity index (χ2n) is 12.7. The summed E-state index contributed by atoms with van der Waals surface area (Å²) >= 11 is 1.79. The van der Waals surface area contributed by atoms with Crippen LogP contribution in [0.4, 0.5) is 0 Å². The summed E-state index contributed by atoms with van der Waals surface area (Å²) in [7, 11) is 3.82. The average molecular weight is 609 g/mol. The number of nitriles is 1. The Hall–Kier alpha value is -2.46. The van der Waals surface area contributed by atoms with Gasteiger partial charge in [-0.3, -0.25) is 25.1 Å². The van der Waals surface area contributed by atoms with Gasteiger partial charge in [0.15, 0.2) is 12.1 Å². The Morgan fingerprint density at radius 3 is 2.84 bits per heavy atom. The largest absolute Gasteiger partial charge is 0.497 e. The first kappa shape index (κ1) is 30.6. The van der Waals surface area contributed by atoms with E-state index in [2.05, 4.69) is 52.3 Å². The van der Waals surface area contributed by atoms with Gasteiger partial charge in [-0.15, -0.1) is 11.8 Å². The molecule has 1 aliphatic carbocycles. The lowest BCUT2D eigenvalue weighted by Crippen LogP contribution is -2.75. The van der Waals surface area contributed by atoms with Crippen LogP contribution in [0.2, 0.25) is 0 Å². The zero-order chi connectivity index (χ0) is 30.1. The van der Waals surface area contributed by atoms with Crippen molar-refractivity contribution in [3.05, 3.63) is 42.0 Å². The molecular formula is C32H44N6O4S. The fourth-order valence-electron chi connectivity index (χ4n) is 7.81. The van der Waals surface area contributed by atoms with E-state index in [0.717, 1.165) is 37.3 Å². The van der Waals surface area contributed by atoms with Gasteiger partial charge >= 0.3 is 0 Å². The fourth-order valence-corrected chi connectivity index (χ4v) is 9.32. The average Bonchev–Trinajstić information content (AvgIpc) is 3.45. The Balaban J connectivity index is 1.24. The molecule has 1 saturated carbocycles. The van der Waals surface area contributed by atoms with Crippen LogP contribution in [0, 0.1) is 17.2 Å². The maximum atomic E-state index is 14.6. The number of hydrogen-bond acceptors (Lipinski definition) is 10. The van der Waals surface area contributed by atoms with Crippen LogP contribution in [0.25, 0.3) is 0 Å². The third-order valence-electron chi connectivity index (χ3n) is 10.3. The highest BCUT2D eigenvalue weighted by Gasteiger charge is 2.55. The van der Waals surface area contributed by atoms with Crippen LogP contribution in [0.15, 0.2) is 30.9 Å². The number of amides is 1. The lowest BCUT2D eigenvalue weighted by atomic mass is 9.71. The molecule has 1 spiro atoms. The van der Waals surface area contributed by atoms with E-state index >= 15 is 0 Å². The zero-order valence-corrected chi connectivity index (χ0v) is 26.1. The smallest absolute Gasteiger partial charge is 0.246 e. The predicted octanol–water partition coefficient (Wildman–Crippen LogP) is 2.10. The van der Waals surface area contributed by atoms with E-state index in [-0.39, 0.29) is 42.3 Å². The third kappa shape index (κ3) is 5.98. The van der Waals surface area contributed by atoms with E-state index < -0.39 is 11.1 Å². The second-order valence-corrected chi connectivity index (χ2v) is 14.0. The molecule has 1 aromatic rings. The lowest BCUT2D eigenvalue weighted by Gasteiger charge is -2.55. The topological polar surface area (TPSA) is 110 Å². The van der Waals surface area contributed by atoms with Crippen LogP contribution in [0.3, 0.4) is 0 Å². The molecule has 0 bridgehead atoms. The number of hydrogen-bond donors (Lipinski definition) is 2. The van der Waals surface area contributed by atoms with Gasteiger partial charge in [-0.25, -0.2) is 0 Å². The summed E-state index contributed by atoms with van der Waals surface area (Å²) in [5.41, 5.74) is 2.48. The number of nitrogens with one attached hydrogen (secondary N) is 2. The normalized spacial score (nSPS) is 34.8. The minimum atomic E-state index is -0.482. The Kier molecular flexibility index (Phi) is 9.15. The van der Waals surface area contributed by atoms with Crippen LogP contribution in [0.1, 0.15) is 43.2 Å². The van der Waals surface area contributed by atoms with Crippen molar-refractivity contribution in [3.63, 3.8) is 0 Å². The van der Waals surface area contributed by atoms with Crippen LogP contribution < -0.4 is 15.4 Å². The first-order chi connectivity index (χ1) is 20.9. The Labute approximate surface area is 259 Å². The van der Waals surface area contributed by atoms with Gasteiger partial charge < -0.3 is 19.3 Å². The summed E-state index contributed by atoms with van der Waals surface area (Å²) in [6, 6.07) is 8.28. The van der Waals surface area contributed by atoms with Crippen molar-refractivity contribution >= 4 is 23.5 Å². The zero-order valence-electron chi connectivity index (χ0n) is 25.3. The number of rotatable bonds is 7. The van der Waals surface area contributed by atoms with Crippen LogP contribution >= 0.6 is 11.8 Å². The fraction of sp³-hybridized carbons (Fsp3) is 0.656. The second kappa shape index (κ2) is 12.9. The number of ketones is 1. The SMILES string of the molecule is C=CC(=O)N1CCN(C2NC(OCC3CCCN3C)NC3C(=O)[C@]4(CCC32)Cc2cc(OC)ccc2CS4)CC1CC#N. The molecule has 0 aromatic heterocycles. The molecule has 1 aromatic carbocycles. The third-order valence-corrected chi connectivity index (χ3v) is 11.9. The molecule has 4 heterocycles.